The van der Waals surface area contributed by atoms with Crippen molar-refractivity contribution in [2.45, 2.75) is 122 Å². The van der Waals surface area contributed by atoms with E-state index in [4.69, 9.17) is 9.78 Å². The maximum absolute atomic E-state index is 11.0. The van der Waals surface area contributed by atoms with Gasteiger partial charge in [-0.1, -0.05) is 19.9 Å². The van der Waals surface area contributed by atoms with E-state index in [1.807, 2.05) is 12.1 Å². The number of fused-ring (bicyclic) bond motifs is 10. The van der Waals surface area contributed by atoms with E-state index in [0.29, 0.717) is 46.8 Å². The van der Waals surface area contributed by atoms with Gasteiger partial charge in [0.25, 0.3) is 0 Å². The zero-order valence-corrected chi connectivity index (χ0v) is 25.7. The van der Waals surface area contributed by atoms with E-state index < -0.39 is 0 Å². The zero-order chi connectivity index (χ0) is 29.7. The van der Waals surface area contributed by atoms with Crippen molar-refractivity contribution in [3.63, 3.8) is 0 Å². The van der Waals surface area contributed by atoms with Gasteiger partial charge in [0, 0.05) is 11.1 Å². The van der Waals surface area contributed by atoms with Gasteiger partial charge in [0.2, 0.25) is 0 Å². The topological polar surface area (TPSA) is 99.4 Å². The number of aliphatic hydroxyl groups is 2. The molecule has 6 aliphatic carbocycles. The zero-order valence-electron chi connectivity index (χ0n) is 25.7. The maximum atomic E-state index is 11.0. The Hall–Kier alpha value is -2.28. The Kier molecular flexibility index (Phi) is 6.64. The van der Waals surface area contributed by atoms with Crippen LogP contribution in [-0.4, -0.2) is 32.6 Å². The average Bonchev–Trinajstić information content (AvgIpc) is 3.49. The molecule has 0 amide bonds. The van der Waals surface area contributed by atoms with Gasteiger partial charge in [-0.2, -0.15) is 4.89 Å². The number of hydrogen-bond donors (Lipinski definition) is 4. The number of aromatic hydroxyl groups is 2. The van der Waals surface area contributed by atoms with E-state index in [-0.39, 0.29) is 41.1 Å². The third-order valence-electron chi connectivity index (χ3n) is 14.0. The highest BCUT2D eigenvalue weighted by Crippen LogP contribution is 2.63. The standard InChI is InChI=1S/C37H48O6/c1-36-15-13-24-23-6-4-22(17-20(23)3-5-26(24)30(36)9-11-32(36)38)43-42-19-21-18-29-25-14-16-37(2)31(10-12-33(37)39)27(25)7-8-28(29)35(41)34(21)40/h4,6,17-18,24-27,30-33,38-41H,3,5,7-16,19H2,1-2H3/t24-,25?,26-,27?,30+,31?,32+,33+,36+,37+/m1/s1. The minimum absolute atomic E-state index is 0.00367. The Labute approximate surface area is 255 Å². The van der Waals surface area contributed by atoms with Crippen LogP contribution in [-0.2, 0) is 24.3 Å². The summed E-state index contributed by atoms with van der Waals surface area (Å²) in [6.07, 6.45) is 11.9. The average molecular weight is 589 g/mol. The molecule has 0 heterocycles. The lowest BCUT2D eigenvalue weighted by Gasteiger charge is -2.50. The van der Waals surface area contributed by atoms with Crippen molar-refractivity contribution in [2.75, 3.05) is 0 Å². The Morgan fingerprint density at radius 2 is 1.35 bits per heavy atom. The third kappa shape index (κ3) is 4.15. The smallest absolute Gasteiger partial charge is 0.165 e. The molecule has 10 atom stereocenters. The fourth-order valence-electron chi connectivity index (χ4n) is 11.6. The molecule has 0 aliphatic heterocycles. The molecule has 6 aliphatic rings. The molecule has 2 aromatic rings. The van der Waals surface area contributed by atoms with Crippen molar-refractivity contribution in [3.05, 3.63) is 52.1 Å². The van der Waals surface area contributed by atoms with E-state index in [1.54, 1.807) is 0 Å². The van der Waals surface area contributed by atoms with Crippen LogP contribution in [0.4, 0.5) is 0 Å². The number of phenols is 2. The summed E-state index contributed by atoms with van der Waals surface area (Å²) in [4.78, 5) is 11.5. The predicted molar refractivity (Wildman–Crippen MR) is 163 cm³/mol. The van der Waals surface area contributed by atoms with Gasteiger partial charge >= 0.3 is 0 Å². The van der Waals surface area contributed by atoms with Crippen molar-refractivity contribution in [2.24, 2.45) is 34.5 Å². The molecule has 0 spiro atoms. The van der Waals surface area contributed by atoms with E-state index in [2.05, 4.69) is 26.0 Å². The first kappa shape index (κ1) is 28.2. The second kappa shape index (κ2) is 10.1. The SMILES string of the molecule is C[C@]12CC[C@@H]3c4ccc(OOCc5cc6c(c(O)c5O)CCC5C6CC[C@@]6(C)C5CC[C@@H]6O)cc4CC[C@H]3[C@@H]1CC[C@@H]2O. The first-order valence-electron chi connectivity index (χ1n) is 17.0. The first-order valence-corrected chi connectivity index (χ1v) is 17.0. The summed E-state index contributed by atoms with van der Waals surface area (Å²) in [7, 11) is 0. The van der Waals surface area contributed by atoms with Gasteiger partial charge < -0.3 is 25.3 Å². The van der Waals surface area contributed by atoms with E-state index in [1.165, 1.54) is 17.5 Å². The van der Waals surface area contributed by atoms with Gasteiger partial charge in [-0.25, -0.2) is 0 Å². The molecule has 6 heteroatoms. The molecule has 0 saturated heterocycles. The molecule has 0 aromatic heterocycles. The Morgan fingerprint density at radius 1 is 0.721 bits per heavy atom. The molecule has 4 N–H and O–H groups in total. The van der Waals surface area contributed by atoms with Crippen LogP contribution in [0.2, 0.25) is 0 Å². The molecule has 3 unspecified atom stereocenters. The van der Waals surface area contributed by atoms with Crippen LogP contribution in [0.5, 0.6) is 17.2 Å². The molecule has 8 rings (SSSR count). The van der Waals surface area contributed by atoms with Crippen LogP contribution in [0.25, 0.3) is 0 Å². The van der Waals surface area contributed by atoms with Crippen LogP contribution in [0.1, 0.15) is 118 Å². The van der Waals surface area contributed by atoms with Crippen molar-refractivity contribution in [1.29, 1.82) is 0 Å². The highest BCUT2D eigenvalue weighted by atomic mass is 17.2. The molecule has 232 valence electrons. The third-order valence-corrected chi connectivity index (χ3v) is 14.0. The summed E-state index contributed by atoms with van der Waals surface area (Å²) in [5.41, 5.74) is 5.46. The summed E-state index contributed by atoms with van der Waals surface area (Å²) in [6, 6.07) is 8.38. The summed E-state index contributed by atoms with van der Waals surface area (Å²) in [5.74, 6) is 3.75. The number of phenolic OH excluding ortho intramolecular Hbond substituents is 2. The highest BCUT2D eigenvalue weighted by Gasteiger charge is 2.56. The number of aryl methyl sites for hydroxylation is 1. The van der Waals surface area contributed by atoms with Crippen LogP contribution in [0.3, 0.4) is 0 Å². The first-order chi connectivity index (χ1) is 20.7. The lowest BCUT2D eigenvalue weighted by molar-refractivity contribution is -0.217. The molecule has 2 aromatic carbocycles. The Bertz CT molecular complexity index is 1420. The summed E-state index contributed by atoms with van der Waals surface area (Å²) in [6.45, 7) is 4.64. The van der Waals surface area contributed by atoms with E-state index in [0.717, 1.165) is 81.8 Å². The Balaban J connectivity index is 0.966. The van der Waals surface area contributed by atoms with Crippen molar-refractivity contribution >= 4 is 0 Å². The van der Waals surface area contributed by atoms with Gasteiger partial charge in [-0.3, -0.25) is 0 Å². The van der Waals surface area contributed by atoms with Gasteiger partial charge in [-0.15, -0.1) is 0 Å². The molecular formula is C37H48O6. The molecular weight excluding hydrogens is 540 g/mol. The van der Waals surface area contributed by atoms with Crippen LogP contribution < -0.4 is 4.89 Å². The fourth-order valence-corrected chi connectivity index (χ4v) is 11.6. The predicted octanol–water partition coefficient (Wildman–Crippen LogP) is 7.04. The van der Waals surface area contributed by atoms with E-state index in [9.17, 15) is 20.4 Å². The fraction of sp³-hybridized carbons (Fsp3) is 0.676. The molecule has 43 heavy (non-hydrogen) atoms. The maximum Gasteiger partial charge on any atom is 0.165 e. The van der Waals surface area contributed by atoms with Gasteiger partial charge in [0.15, 0.2) is 17.2 Å². The van der Waals surface area contributed by atoms with Gasteiger partial charge in [-0.05, 0) is 158 Å². The lowest BCUT2D eigenvalue weighted by Crippen LogP contribution is -2.44. The summed E-state index contributed by atoms with van der Waals surface area (Å²) < 4.78 is 0. The number of rotatable bonds is 4. The largest absolute Gasteiger partial charge is 0.504 e. The second-order valence-corrected chi connectivity index (χ2v) is 15.6. The van der Waals surface area contributed by atoms with Crippen molar-refractivity contribution in [1.82, 2.24) is 0 Å². The molecule has 6 nitrogen and oxygen atoms in total. The summed E-state index contributed by atoms with van der Waals surface area (Å²) in [5, 5.41) is 43.4. The van der Waals surface area contributed by atoms with Gasteiger partial charge in [0.1, 0.15) is 6.61 Å². The summed E-state index contributed by atoms with van der Waals surface area (Å²) >= 11 is 0. The highest BCUT2D eigenvalue weighted by molar-refractivity contribution is 5.56. The lowest BCUT2D eigenvalue weighted by atomic mass is 9.55. The molecule has 0 radical (unpaired) electrons. The Morgan fingerprint density at radius 3 is 2.02 bits per heavy atom. The second-order valence-electron chi connectivity index (χ2n) is 15.6. The minimum atomic E-state index is -0.209. The quantitative estimate of drug-likeness (QED) is 0.174. The molecule has 4 fully saturated rings. The van der Waals surface area contributed by atoms with Crippen LogP contribution in [0.15, 0.2) is 24.3 Å². The van der Waals surface area contributed by atoms with Gasteiger partial charge in [0.05, 0.1) is 12.2 Å². The number of benzene rings is 2. The molecule has 0 bridgehead atoms. The number of aliphatic hydroxyl groups excluding tert-OH is 2. The van der Waals surface area contributed by atoms with Crippen molar-refractivity contribution in [3.8, 4) is 17.2 Å². The molecule has 4 saturated carbocycles. The van der Waals surface area contributed by atoms with E-state index >= 15 is 0 Å². The van der Waals surface area contributed by atoms with Crippen LogP contribution in [0, 0.1) is 34.5 Å². The minimum Gasteiger partial charge on any atom is -0.504 e. The van der Waals surface area contributed by atoms with Crippen molar-refractivity contribution < 1.29 is 30.2 Å². The normalized spacial score (nSPS) is 40.9. The van der Waals surface area contributed by atoms with Crippen LogP contribution >= 0.6 is 0 Å². The monoisotopic (exact) mass is 588 g/mol. The number of hydrogen-bond acceptors (Lipinski definition) is 6.